The van der Waals surface area contributed by atoms with Crippen LogP contribution in [0.5, 0.6) is 0 Å². The van der Waals surface area contributed by atoms with Gasteiger partial charge in [-0.15, -0.1) is 17.5 Å². The van der Waals surface area contributed by atoms with Gasteiger partial charge in [0.1, 0.15) is 11.6 Å². The smallest absolute Gasteiger partial charge is 0.256 e. The third-order valence-corrected chi connectivity index (χ3v) is 5.94. The van der Waals surface area contributed by atoms with Crippen LogP contribution in [-0.4, -0.2) is 72.2 Å². The van der Waals surface area contributed by atoms with Gasteiger partial charge in [0.25, 0.3) is 5.78 Å². The largest absolute Gasteiger partial charge is 0.378 e. The fourth-order valence-electron chi connectivity index (χ4n) is 4.36. The lowest BCUT2D eigenvalue weighted by Crippen LogP contribution is -2.39. The summed E-state index contributed by atoms with van der Waals surface area (Å²) in [6, 6.07) is 2.17. The summed E-state index contributed by atoms with van der Waals surface area (Å²) in [5, 5.41) is 4.92. The van der Waals surface area contributed by atoms with E-state index in [-0.39, 0.29) is 12.4 Å². The lowest BCUT2D eigenvalue weighted by Gasteiger charge is -2.31. The zero-order valence-electron chi connectivity index (χ0n) is 16.3. The highest BCUT2D eigenvalue weighted by atomic mass is 35.5. The Morgan fingerprint density at radius 3 is 2.14 bits per heavy atom. The van der Waals surface area contributed by atoms with E-state index in [0.29, 0.717) is 5.92 Å². The first-order valence-electron chi connectivity index (χ1n) is 10.3. The number of fused-ring (bicyclic) bond motifs is 1. The number of rotatable bonds is 3. The molecular weight excluding hydrogens is 380 g/mol. The van der Waals surface area contributed by atoms with Gasteiger partial charge in [0.2, 0.25) is 0 Å². The molecule has 3 fully saturated rings. The quantitative estimate of drug-likeness (QED) is 0.771. The van der Waals surface area contributed by atoms with Crippen molar-refractivity contribution >= 4 is 29.8 Å². The first-order valence-corrected chi connectivity index (χ1v) is 10.3. The Morgan fingerprint density at radius 2 is 1.46 bits per heavy atom. The molecule has 2 aromatic rings. The molecule has 2 aliphatic heterocycles. The van der Waals surface area contributed by atoms with E-state index in [1.165, 1.54) is 32.1 Å². The molecule has 0 atom stereocenters. The van der Waals surface area contributed by atoms with Crippen molar-refractivity contribution in [3.8, 4) is 0 Å². The van der Waals surface area contributed by atoms with E-state index in [4.69, 9.17) is 24.5 Å². The number of nitrogens with zero attached hydrogens (tertiary/aromatic N) is 6. The molecule has 5 rings (SSSR count). The zero-order chi connectivity index (χ0) is 18.1. The van der Waals surface area contributed by atoms with Crippen LogP contribution in [0.4, 0.5) is 11.6 Å². The molecule has 4 heterocycles. The van der Waals surface area contributed by atoms with Gasteiger partial charge in [-0.05, 0) is 12.8 Å². The van der Waals surface area contributed by atoms with E-state index in [1.54, 1.807) is 0 Å². The van der Waals surface area contributed by atoms with E-state index in [2.05, 4.69) is 15.9 Å². The third kappa shape index (κ3) is 3.90. The van der Waals surface area contributed by atoms with E-state index in [0.717, 1.165) is 75.8 Å². The first kappa shape index (κ1) is 19.7. The topological polar surface area (TPSA) is 68.0 Å². The molecule has 0 N–H and O–H groups in total. The molecule has 9 heteroatoms. The molecule has 1 saturated carbocycles. The Balaban J connectivity index is 0.00000192. The summed E-state index contributed by atoms with van der Waals surface area (Å²) >= 11 is 0. The van der Waals surface area contributed by atoms with Gasteiger partial charge in [0, 0.05) is 38.2 Å². The van der Waals surface area contributed by atoms with Crippen LogP contribution in [0, 0.1) is 0 Å². The van der Waals surface area contributed by atoms with Crippen molar-refractivity contribution in [2.75, 3.05) is 62.4 Å². The molecule has 0 aromatic carbocycles. The van der Waals surface area contributed by atoms with Crippen LogP contribution >= 0.6 is 12.4 Å². The number of morpholine rings is 2. The number of anilines is 2. The van der Waals surface area contributed by atoms with Crippen molar-refractivity contribution in [1.29, 1.82) is 0 Å². The number of hydrogen-bond acceptors (Lipinski definition) is 7. The van der Waals surface area contributed by atoms with Crippen LogP contribution in [-0.2, 0) is 9.47 Å². The monoisotopic (exact) mass is 408 g/mol. The van der Waals surface area contributed by atoms with Crippen molar-refractivity contribution in [2.24, 2.45) is 0 Å². The molecule has 0 bridgehead atoms. The standard InChI is InChI=1S/C19H28N6O2.ClH/c1-2-4-15(5-3-1)18-21-19-20-16(23-6-10-26-11-7-23)14-17(25(19)22-18)24-8-12-27-13-9-24;/h14-15H,1-13H2;1H. The molecule has 1 aliphatic carbocycles. The maximum absolute atomic E-state index is 5.55. The van der Waals surface area contributed by atoms with Crippen LogP contribution < -0.4 is 9.80 Å². The molecule has 28 heavy (non-hydrogen) atoms. The number of hydrogen-bond donors (Lipinski definition) is 0. The molecular formula is C19H29ClN6O2. The van der Waals surface area contributed by atoms with Gasteiger partial charge in [-0.2, -0.15) is 14.5 Å². The number of ether oxygens (including phenoxy) is 2. The highest BCUT2D eigenvalue weighted by Gasteiger charge is 2.25. The van der Waals surface area contributed by atoms with Gasteiger partial charge < -0.3 is 19.3 Å². The normalized spacial score (nSPS) is 21.7. The molecule has 2 saturated heterocycles. The van der Waals surface area contributed by atoms with E-state index < -0.39 is 0 Å². The van der Waals surface area contributed by atoms with Gasteiger partial charge in [-0.25, -0.2) is 0 Å². The second-order valence-electron chi connectivity index (χ2n) is 7.69. The lowest BCUT2D eigenvalue weighted by atomic mass is 9.89. The molecule has 0 spiro atoms. The van der Waals surface area contributed by atoms with Crippen molar-refractivity contribution in [3.63, 3.8) is 0 Å². The van der Waals surface area contributed by atoms with Gasteiger partial charge in [0.15, 0.2) is 5.82 Å². The first-order chi connectivity index (χ1) is 13.4. The van der Waals surface area contributed by atoms with Crippen LogP contribution in [0.3, 0.4) is 0 Å². The lowest BCUT2D eigenvalue weighted by molar-refractivity contribution is 0.121. The molecule has 2 aromatic heterocycles. The Morgan fingerprint density at radius 1 is 0.821 bits per heavy atom. The summed E-state index contributed by atoms with van der Waals surface area (Å²) in [6.45, 7) is 6.49. The highest BCUT2D eigenvalue weighted by Crippen LogP contribution is 2.32. The van der Waals surface area contributed by atoms with Crippen LogP contribution in [0.25, 0.3) is 5.78 Å². The van der Waals surface area contributed by atoms with Crippen molar-refractivity contribution in [1.82, 2.24) is 19.6 Å². The predicted octanol–water partition coefficient (Wildman–Crippen LogP) is 2.27. The average molecular weight is 409 g/mol. The molecule has 0 amide bonds. The van der Waals surface area contributed by atoms with E-state index >= 15 is 0 Å². The fourth-order valence-corrected chi connectivity index (χ4v) is 4.36. The SMILES string of the molecule is Cl.c1c(N2CCOCC2)nc2nc(C3CCCCC3)nn2c1N1CCOCC1. The Hall–Kier alpha value is -1.64. The minimum absolute atomic E-state index is 0. The molecule has 0 unspecified atom stereocenters. The summed E-state index contributed by atoms with van der Waals surface area (Å²) in [5.74, 6) is 4.23. The van der Waals surface area contributed by atoms with E-state index in [1.807, 2.05) is 4.52 Å². The summed E-state index contributed by atoms with van der Waals surface area (Å²) in [4.78, 5) is 14.4. The summed E-state index contributed by atoms with van der Waals surface area (Å²) in [6.07, 6.45) is 6.29. The van der Waals surface area contributed by atoms with Gasteiger partial charge in [-0.1, -0.05) is 19.3 Å². The number of aromatic nitrogens is 4. The second-order valence-corrected chi connectivity index (χ2v) is 7.69. The summed E-state index contributed by atoms with van der Waals surface area (Å²) in [7, 11) is 0. The van der Waals surface area contributed by atoms with Crippen molar-refractivity contribution in [3.05, 3.63) is 11.9 Å². The van der Waals surface area contributed by atoms with Gasteiger partial charge in [-0.3, -0.25) is 0 Å². The highest BCUT2D eigenvalue weighted by molar-refractivity contribution is 5.85. The predicted molar refractivity (Wildman–Crippen MR) is 110 cm³/mol. The minimum atomic E-state index is 0. The third-order valence-electron chi connectivity index (χ3n) is 5.94. The van der Waals surface area contributed by atoms with Crippen LogP contribution in [0.15, 0.2) is 6.07 Å². The molecule has 8 nitrogen and oxygen atoms in total. The Kier molecular flexibility index (Phi) is 6.18. The number of halogens is 1. The second kappa shape index (κ2) is 8.80. The Labute approximate surface area is 171 Å². The molecule has 0 radical (unpaired) electrons. The maximum Gasteiger partial charge on any atom is 0.256 e. The van der Waals surface area contributed by atoms with Crippen molar-refractivity contribution in [2.45, 2.75) is 38.0 Å². The summed E-state index contributed by atoms with van der Waals surface area (Å²) < 4.78 is 13.0. The fraction of sp³-hybridized carbons (Fsp3) is 0.737. The van der Waals surface area contributed by atoms with Gasteiger partial charge in [0.05, 0.1) is 26.4 Å². The van der Waals surface area contributed by atoms with E-state index in [9.17, 15) is 0 Å². The average Bonchev–Trinajstić information content (AvgIpc) is 3.19. The van der Waals surface area contributed by atoms with Crippen molar-refractivity contribution < 1.29 is 9.47 Å². The maximum atomic E-state index is 5.55. The summed E-state index contributed by atoms with van der Waals surface area (Å²) in [5.41, 5.74) is 0. The van der Waals surface area contributed by atoms with Crippen LogP contribution in [0.2, 0.25) is 0 Å². The Bertz CT molecular complexity index is 782. The molecule has 154 valence electrons. The van der Waals surface area contributed by atoms with Gasteiger partial charge >= 0.3 is 0 Å². The zero-order valence-corrected chi connectivity index (χ0v) is 17.1. The van der Waals surface area contributed by atoms with Crippen LogP contribution in [0.1, 0.15) is 43.8 Å². The minimum Gasteiger partial charge on any atom is -0.378 e. The molecule has 3 aliphatic rings.